The highest BCUT2D eigenvalue weighted by atomic mass is 16.1. The van der Waals surface area contributed by atoms with Gasteiger partial charge in [0.15, 0.2) is 0 Å². The summed E-state index contributed by atoms with van der Waals surface area (Å²) in [4.78, 5) is 12.7. The highest BCUT2D eigenvalue weighted by molar-refractivity contribution is 5.81. The third-order valence-corrected chi connectivity index (χ3v) is 2.34. The van der Waals surface area contributed by atoms with E-state index < -0.39 is 0 Å². The molecule has 0 radical (unpaired) electrons. The molecule has 1 atom stereocenters. The van der Waals surface area contributed by atoms with Crippen LogP contribution in [-0.4, -0.2) is 26.4 Å². The van der Waals surface area contributed by atoms with Crippen molar-refractivity contribution in [3.63, 3.8) is 0 Å². The Labute approximate surface area is 68.6 Å². The average Bonchev–Trinajstić information content (AvgIpc) is 1.93. The number of ketones is 1. The summed E-state index contributed by atoms with van der Waals surface area (Å²) >= 11 is 0. The Hall–Kier alpha value is -0.370. The third kappa shape index (κ3) is 2.62. The van der Waals surface area contributed by atoms with Crippen molar-refractivity contribution in [3.05, 3.63) is 0 Å². The van der Waals surface area contributed by atoms with E-state index in [2.05, 4.69) is 14.1 Å². The molecule has 0 unspecified atom stereocenters. The molecule has 0 aliphatic heterocycles. The zero-order chi connectivity index (χ0) is 8.27. The van der Waals surface area contributed by atoms with Crippen molar-refractivity contribution in [2.45, 2.75) is 25.7 Å². The summed E-state index contributed by atoms with van der Waals surface area (Å²) < 4.78 is 0. The van der Waals surface area contributed by atoms with Crippen LogP contribution in [0.3, 0.4) is 0 Å². The van der Waals surface area contributed by atoms with Crippen molar-refractivity contribution in [2.75, 3.05) is 20.6 Å². The lowest BCUT2D eigenvalue weighted by Gasteiger charge is -2.21. The molecule has 64 valence electrons. The van der Waals surface area contributed by atoms with Crippen molar-refractivity contribution in [3.8, 4) is 0 Å². The van der Waals surface area contributed by atoms with Gasteiger partial charge in [-0.05, 0) is 12.8 Å². The number of nitrogens with one attached hydrogen (secondary N) is 1. The molecule has 11 heavy (non-hydrogen) atoms. The van der Waals surface area contributed by atoms with Gasteiger partial charge < -0.3 is 4.90 Å². The maximum absolute atomic E-state index is 11.3. The minimum atomic E-state index is 0.369. The first-order chi connectivity index (χ1) is 5.20. The summed E-state index contributed by atoms with van der Waals surface area (Å²) in [5.41, 5.74) is 0. The first-order valence-corrected chi connectivity index (χ1v) is 4.52. The van der Waals surface area contributed by atoms with E-state index in [-0.39, 0.29) is 0 Å². The van der Waals surface area contributed by atoms with Crippen LogP contribution in [0.4, 0.5) is 0 Å². The van der Waals surface area contributed by atoms with E-state index in [1.54, 1.807) is 0 Å². The van der Waals surface area contributed by atoms with Gasteiger partial charge in [-0.15, -0.1) is 0 Å². The van der Waals surface area contributed by atoms with Gasteiger partial charge in [0, 0.05) is 6.42 Å². The van der Waals surface area contributed by atoms with Crippen LogP contribution in [-0.2, 0) is 4.79 Å². The van der Waals surface area contributed by atoms with Crippen LogP contribution in [0, 0.1) is 5.92 Å². The maximum Gasteiger partial charge on any atom is 0.141 e. The lowest BCUT2D eigenvalue weighted by Crippen LogP contribution is -3.06. The largest absolute Gasteiger partial charge is 0.339 e. The van der Waals surface area contributed by atoms with E-state index in [9.17, 15) is 4.79 Å². The Kier molecular flexibility index (Phi) is 3.06. The van der Waals surface area contributed by atoms with E-state index in [4.69, 9.17) is 0 Å². The maximum atomic E-state index is 11.3. The average molecular weight is 156 g/mol. The number of rotatable bonds is 2. The molecule has 0 amide bonds. The molecule has 1 aliphatic rings. The zero-order valence-electron chi connectivity index (χ0n) is 7.52. The predicted molar refractivity (Wildman–Crippen MR) is 44.6 cm³/mol. The Morgan fingerprint density at radius 2 is 2.18 bits per heavy atom. The van der Waals surface area contributed by atoms with Gasteiger partial charge in [0.2, 0.25) is 0 Å². The van der Waals surface area contributed by atoms with Crippen LogP contribution in [0.25, 0.3) is 0 Å². The Morgan fingerprint density at radius 3 is 2.73 bits per heavy atom. The summed E-state index contributed by atoms with van der Waals surface area (Å²) in [6.45, 7) is 1.03. The van der Waals surface area contributed by atoms with Gasteiger partial charge >= 0.3 is 0 Å². The summed E-state index contributed by atoms with van der Waals surface area (Å²) in [6.07, 6.45) is 4.34. The summed E-state index contributed by atoms with van der Waals surface area (Å²) in [5, 5.41) is 0. The Bertz CT molecular complexity index is 142. The number of hydrogen-bond donors (Lipinski definition) is 1. The summed E-state index contributed by atoms with van der Waals surface area (Å²) in [7, 11) is 4.23. The highest BCUT2D eigenvalue weighted by Crippen LogP contribution is 2.18. The van der Waals surface area contributed by atoms with Crippen molar-refractivity contribution in [2.24, 2.45) is 5.92 Å². The van der Waals surface area contributed by atoms with Crippen molar-refractivity contribution >= 4 is 5.78 Å². The molecule has 2 nitrogen and oxygen atoms in total. The highest BCUT2D eigenvalue weighted by Gasteiger charge is 2.23. The quantitative estimate of drug-likeness (QED) is 0.592. The molecule has 0 saturated heterocycles. The lowest BCUT2D eigenvalue weighted by molar-refractivity contribution is -0.860. The fraction of sp³-hybridized carbons (Fsp3) is 0.889. The van der Waals surface area contributed by atoms with Gasteiger partial charge in [-0.3, -0.25) is 4.79 Å². The molecule has 1 saturated carbocycles. The van der Waals surface area contributed by atoms with Crippen LogP contribution in [0.15, 0.2) is 0 Å². The van der Waals surface area contributed by atoms with E-state index in [0.29, 0.717) is 11.7 Å². The number of carbonyl (C=O) groups is 1. The number of Topliss-reactive ketones (excluding diaryl/α,β-unsaturated/α-hetero) is 1. The second-order valence-electron chi connectivity index (χ2n) is 3.82. The first kappa shape index (κ1) is 8.72. The number of carbonyl (C=O) groups excluding carboxylic acids is 1. The van der Waals surface area contributed by atoms with E-state index in [0.717, 1.165) is 25.8 Å². The van der Waals surface area contributed by atoms with Crippen molar-refractivity contribution in [1.29, 1.82) is 0 Å². The molecule has 0 heterocycles. The van der Waals surface area contributed by atoms with E-state index in [1.807, 2.05) is 0 Å². The summed E-state index contributed by atoms with van der Waals surface area (Å²) in [6, 6.07) is 0. The van der Waals surface area contributed by atoms with Gasteiger partial charge in [0.1, 0.15) is 5.78 Å². The van der Waals surface area contributed by atoms with Crippen LogP contribution < -0.4 is 4.90 Å². The van der Waals surface area contributed by atoms with Gasteiger partial charge in [0.25, 0.3) is 0 Å². The normalized spacial score (nSPS) is 26.1. The molecular weight excluding hydrogens is 138 g/mol. The fourth-order valence-electron chi connectivity index (χ4n) is 1.76. The zero-order valence-corrected chi connectivity index (χ0v) is 7.52. The fourth-order valence-corrected chi connectivity index (χ4v) is 1.76. The van der Waals surface area contributed by atoms with Crippen LogP contribution >= 0.6 is 0 Å². The van der Waals surface area contributed by atoms with Gasteiger partial charge in [-0.1, -0.05) is 6.42 Å². The Morgan fingerprint density at radius 1 is 1.45 bits per heavy atom. The molecule has 0 aromatic heterocycles. The molecule has 0 bridgehead atoms. The minimum absolute atomic E-state index is 0.369. The SMILES string of the molecule is C[NH+](C)C[C@H]1CCCCC1=O. The molecule has 0 spiro atoms. The minimum Gasteiger partial charge on any atom is -0.339 e. The molecule has 1 N–H and O–H groups in total. The van der Waals surface area contributed by atoms with Crippen LogP contribution in [0.5, 0.6) is 0 Å². The van der Waals surface area contributed by atoms with E-state index in [1.165, 1.54) is 11.3 Å². The van der Waals surface area contributed by atoms with Crippen LogP contribution in [0.1, 0.15) is 25.7 Å². The first-order valence-electron chi connectivity index (χ1n) is 4.52. The molecule has 0 aromatic rings. The second-order valence-corrected chi connectivity index (χ2v) is 3.82. The predicted octanol–water partition coefficient (Wildman–Crippen LogP) is -0.110. The third-order valence-electron chi connectivity index (χ3n) is 2.34. The Balaban J connectivity index is 2.36. The number of hydrogen-bond acceptors (Lipinski definition) is 1. The smallest absolute Gasteiger partial charge is 0.141 e. The van der Waals surface area contributed by atoms with Crippen molar-refractivity contribution in [1.82, 2.24) is 0 Å². The molecule has 1 fully saturated rings. The molecule has 2 heteroatoms. The van der Waals surface area contributed by atoms with Gasteiger partial charge in [0.05, 0.1) is 26.6 Å². The topological polar surface area (TPSA) is 21.5 Å². The van der Waals surface area contributed by atoms with E-state index >= 15 is 0 Å². The summed E-state index contributed by atoms with van der Waals surface area (Å²) in [5.74, 6) is 0.867. The molecule has 0 aromatic carbocycles. The lowest BCUT2D eigenvalue weighted by atomic mass is 9.88. The molecule has 1 rings (SSSR count). The monoisotopic (exact) mass is 156 g/mol. The molecular formula is C9H18NO+. The number of quaternary nitrogens is 1. The second kappa shape index (κ2) is 3.86. The van der Waals surface area contributed by atoms with Crippen molar-refractivity contribution < 1.29 is 9.69 Å². The van der Waals surface area contributed by atoms with Gasteiger partial charge in [-0.25, -0.2) is 0 Å². The van der Waals surface area contributed by atoms with Gasteiger partial charge in [-0.2, -0.15) is 0 Å². The van der Waals surface area contributed by atoms with Crippen LogP contribution in [0.2, 0.25) is 0 Å². The standard InChI is InChI=1S/C9H17NO/c1-10(2)7-8-5-3-4-6-9(8)11/h8H,3-7H2,1-2H3/p+1/t8-/m1/s1. The molecule has 1 aliphatic carbocycles.